The molecule has 5 nitrogen and oxygen atoms in total. The number of amides is 1. The highest BCUT2D eigenvalue weighted by molar-refractivity contribution is 7.90. The van der Waals surface area contributed by atoms with Crippen LogP contribution < -0.4 is 10.2 Å². The van der Waals surface area contributed by atoms with Crippen molar-refractivity contribution >= 4 is 21.4 Å². The Morgan fingerprint density at radius 2 is 1.89 bits per heavy atom. The Morgan fingerprint density at radius 3 is 2.37 bits per heavy atom. The second-order valence-corrected chi connectivity index (χ2v) is 6.78. The predicted octanol–water partition coefficient (Wildman–Crippen LogP) is 0.662. The van der Waals surface area contributed by atoms with Gasteiger partial charge in [0.15, 0.2) is 9.84 Å². The molecule has 0 aromatic heterocycles. The molecule has 0 bridgehead atoms. The number of hydrogen-bond acceptors (Lipinski definition) is 4. The second-order valence-electron chi connectivity index (χ2n) is 4.76. The van der Waals surface area contributed by atoms with Crippen LogP contribution in [0, 0.1) is 5.92 Å². The summed E-state index contributed by atoms with van der Waals surface area (Å²) in [7, 11) is -3.15. The van der Waals surface area contributed by atoms with Crippen LogP contribution in [-0.4, -0.2) is 40.2 Å². The van der Waals surface area contributed by atoms with Gasteiger partial charge in [-0.3, -0.25) is 4.79 Å². The number of benzene rings is 1. The summed E-state index contributed by atoms with van der Waals surface area (Å²) in [5.41, 5.74) is 0.952. The Labute approximate surface area is 113 Å². The van der Waals surface area contributed by atoms with Gasteiger partial charge in [-0.05, 0) is 31.2 Å². The average molecular weight is 282 g/mol. The van der Waals surface area contributed by atoms with Crippen LogP contribution in [0.1, 0.15) is 6.92 Å². The summed E-state index contributed by atoms with van der Waals surface area (Å²) in [6, 6.07) is 6.77. The van der Waals surface area contributed by atoms with Crippen molar-refractivity contribution < 1.29 is 13.2 Å². The molecule has 1 aliphatic heterocycles. The van der Waals surface area contributed by atoms with E-state index in [-0.39, 0.29) is 11.8 Å². The van der Waals surface area contributed by atoms with E-state index < -0.39 is 9.84 Å². The molecule has 0 unspecified atom stereocenters. The molecular formula is C13H18N2O3S. The Morgan fingerprint density at radius 1 is 1.32 bits per heavy atom. The molecule has 0 saturated carbocycles. The largest absolute Gasteiger partial charge is 0.370 e. The maximum Gasteiger partial charge on any atom is 0.226 e. The highest BCUT2D eigenvalue weighted by atomic mass is 32.2. The maximum atomic E-state index is 11.6. The summed E-state index contributed by atoms with van der Waals surface area (Å²) in [5.74, 6) is 0.126. The molecule has 1 fully saturated rings. The summed E-state index contributed by atoms with van der Waals surface area (Å²) in [4.78, 5) is 13.9. The molecule has 19 heavy (non-hydrogen) atoms. The summed E-state index contributed by atoms with van der Waals surface area (Å²) >= 11 is 0. The summed E-state index contributed by atoms with van der Waals surface area (Å²) in [6.45, 7) is 3.92. The van der Waals surface area contributed by atoms with Crippen molar-refractivity contribution in [1.82, 2.24) is 5.32 Å². The Hall–Kier alpha value is -1.56. The lowest BCUT2D eigenvalue weighted by Crippen LogP contribution is -2.53. The molecule has 1 aliphatic rings. The van der Waals surface area contributed by atoms with E-state index in [0.717, 1.165) is 5.69 Å². The van der Waals surface area contributed by atoms with E-state index in [4.69, 9.17) is 0 Å². The monoisotopic (exact) mass is 282 g/mol. The standard InChI is InChI=1S/C13H18N2O3S/c1-3-14-13(16)10-8-15(9-10)11-4-6-12(7-5-11)19(2,17)18/h4-7,10H,3,8-9H2,1-2H3,(H,14,16). The predicted molar refractivity (Wildman–Crippen MR) is 73.9 cm³/mol. The molecule has 0 spiro atoms. The van der Waals surface area contributed by atoms with Crippen molar-refractivity contribution in [2.75, 3.05) is 30.8 Å². The summed E-state index contributed by atoms with van der Waals surface area (Å²) in [6.07, 6.45) is 1.19. The molecule has 2 rings (SSSR count). The first-order chi connectivity index (χ1) is 8.91. The van der Waals surface area contributed by atoms with E-state index in [1.807, 2.05) is 6.92 Å². The fraction of sp³-hybridized carbons (Fsp3) is 0.462. The topological polar surface area (TPSA) is 66.5 Å². The van der Waals surface area contributed by atoms with E-state index in [1.165, 1.54) is 6.26 Å². The van der Waals surface area contributed by atoms with Crippen LogP contribution in [0.5, 0.6) is 0 Å². The van der Waals surface area contributed by atoms with Crippen LogP contribution in [0.4, 0.5) is 5.69 Å². The Balaban J connectivity index is 1.97. The van der Waals surface area contributed by atoms with Gasteiger partial charge in [-0.1, -0.05) is 0 Å². The van der Waals surface area contributed by atoms with E-state index in [1.54, 1.807) is 24.3 Å². The van der Waals surface area contributed by atoms with Gasteiger partial charge in [-0.15, -0.1) is 0 Å². The van der Waals surface area contributed by atoms with Crippen molar-refractivity contribution in [3.8, 4) is 0 Å². The first-order valence-electron chi connectivity index (χ1n) is 6.24. The van der Waals surface area contributed by atoms with Crippen molar-refractivity contribution in [3.05, 3.63) is 24.3 Å². The minimum atomic E-state index is -3.15. The molecule has 6 heteroatoms. The quantitative estimate of drug-likeness (QED) is 0.881. The minimum absolute atomic E-state index is 0.0366. The molecule has 1 N–H and O–H groups in total. The zero-order chi connectivity index (χ0) is 14.0. The lowest BCUT2D eigenvalue weighted by atomic mass is 9.98. The number of sulfone groups is 1. The van der Waals surface area contributed by atoms with Gasteiger partial charge in [0.25, 0.3) is 0 Å². The fourth-order valence-electron chi connectivity index (χ4n) is 2.08. The van der Waals surface area contributed by atoms with E-state index in [2.05, 4.69) is 10.2 Å². The first-order valence-corrected chi connectivity index (χ1v) is 8.13. The number of anilines is 1. The van der Waals surface area contributed by atoms with Gasteiger partial charge in [0, 0.05) is 31.6 Å². The fourth-order valence-corrected chi connectivity index (χ4v) is 2.71. The van der Waals surface area contributed by atoms with Crippen LogP contribution in [0.25, 0.3) is 0 Å². The van der Waals surface area contributed by atoms with Crippen molar-refractivity contribution in [1.29, 1.82) is 0 Å². The number of hydrogen-bond donors (Lipinski definition) is 1. The third-order valence-electron chi connectivity index (χ3n) is 3.23. The number of rotatable bonds is 4. The number of nitrogens with zero attached hydrogens (tertiary/aromatic N) is 1. The van der Waals surface area contributed by atoms with E-state index in [0.29, 0.717) is 24.5 Å². The molecule has 104 valence electrons. The Kier molecular flexibility index (Phi) is 3.80. The van der Waals surface area contributed by atoms with Crippen LogP contribution >= 0.6 is 0 Å². The van der Waals surface area contributed by atoms with Gasteiger partial charge in [0.2, 0.25) is 5.91 Å². The molecule has 0 radical (unpaired) electrons. The van der Waals surface area contributed by atoms with Gasteiger partial charge in [0.1, 0.15) is 0 Å². The highest BCUT2D eigenvalue weighted by Crippen LogP contribution is 2.25. The minimum Gasteiger partial charge on any atom is -0.370 e. The van der Waals surface area contributed by atoms with Gasteiger partial charge >= 0.3 is 0 Å². The lowest BCUT2D eigenvalue weighted by Gasteiger charge is -2.40. The van der Waals surface area contributed by atoms with Crippen molar-refractivity contribution in [2.24, 2.45) is 5.92 Å². The maximum absolute atomic E-state index is 11.6. The van der Waals surface area contributed by atoms with Gasteiger partial charge in [0.05, 0.1) is 10.8 Å². The number of carbonyl (C=O) groups excluding carboxylic acids is 1. The zero-order valence-electron chi connectivity index (χ0n) is 11.1. The van der Waals surface area contributed by atoms with E-state index >= 15 is 0 Å². The third-order valence-corrected chi connectivity index (χ3v) is 4.36. The van der Waals surface area contributed by atoms with Crippen LogP contribution in [0.15, 0.2) is 29.2 Å². The highest BCUT2D eigenvalue weighted by Gasteiger charge is 2.32. The smallest absolute Gasteiger partial charge is 0.226 e. The van der Waals surface area contributed by atoms with Gasteiger partial charge in [-0.2, -0.15) is 0 Å². The van der Waals surface area contributed by atoms with Crippen LogP contribution in [-0.2, 0) is 14.6 Å². The third kappa shape index (κ3) is 3.07. The average Bonchev–Trinajstić information content (AvgIpc) is 2.27. The SMILES string of the molecule is CCNC(=O)C1CN(c2ccc(S(C)(=O)=O)cc2)C1. The van der Waals surface area contributed by atoms with Crippen molar-refractivity contribution in [2.45, 2.75) is 11.8 Å². The number of carbonyl (C=O) groups is 1. The molecule has 1 saturated heterocycles. The van der Waals surface area contributed by atoms with Crippen LogP contribution in [0.2, 0.25) is 0 Å². The zero-order valence-corrected chi connectivity index (χ0v) is 11.9. The molecule has 1 aromatic carbocycles. The first kappa shape index (κ1) is 13.9. The molecule has 0 aliphatic carbocycles. The van der Waals surface area contributed by atoms with Gasteiger partial charge < -0.3 is 10.2 Å². The molecule has 0 atom stereocenters. The normalized spacial score (nSPS) is 16.0. The van der Waals surface area contributed by atoms with Crippen LogP contribution in [0.3, 0.4) is 0 Å². The molecule has 1 amide bonds. The molecule has 1 aromatic rings. The second kappa shape index (κ2) is 5.21. The summed E-state index contributed by atoms with van der Waals surface area (Å²) < 4.78 is 22.7. The summed E-state index contributed by atoms with van der Waals surface area (Å²) in [5, 5.41) is 2.80. The van der Waals surface area contributed by atoms with Gasteiger partial charge in [-0.25, -0.2) is 8.42 Å². The molecule has 1 heterocycles. The lowest BCUT2D eigenvalue weighted by molar-refractivity contribution is -0.125. The van der Waals surface area contributed by atoms with E-state index in [9.17, 15) is 13.2 Å². The number of nitrogens with one attached hydrogen (secondary N) is 1. The van der Waals surface area contributed by atoms with Crippen molar-refractivity contribution in [3.63, 3.8) is 0 Å². The molecular weight excluding hydrogens is 264 g/mol. The Bertz CT molecular complexity index is 560.